The van der Waals surface area contributed by atoms with E-state index in [0.29, 0.717) is 5.56 Å². The average molecular weight is 413 g/mol. The fraction of sp³-hybridized carbons (Fsp3) is 0.300. The summed E-state index contributed by atoms with van der Waals surface area (Å²) >= 11 is 5.59. The lowest BCUT2D eigenvalue weighted by atomic mass is 10.0. The van der Waals surface area contributed by atoms with Gasteiger partial charge in [0.15, 0.2) is 0 Å². The van der Waals surface area contributed by atoms with Crippen LogP contribution in [0, 0.1) is 12.8 Å². The minimum absolute atomic E-state index is 0.0584. The highest BCUT2D eigenvalue weighted by Gasteiger charge is 2.34. The summed E-state index contributed by atoms with van der Waals surface area (Å²) in [6, 6.07) is 8.98. The van der Waals surface area contributed by atoms with Crippen molar-refractivity contribution < 1.29 is 22.8 Å². The smallest absolute Gasteiger partial charge is 0.340 e. The molecule has 2 N–H and O–H groups in total. The van der Waals surface area contributed by atoms with Crippen LogP contribution >= 0.6 is 11.6 Å². The van der Waals surface area contributed by atoms with E-state index in [1.807, 2.05) is 6.92 Å². The second-order valence-corrected chi connectivity index (χ2v) is 7.15. The van der Waals surface area contributed by atoms with Gasteiger partial charge in [-0.2, -0.15) is 13.2 Å². The number of anilines is 1. The number of carbonyl (C=O) groups excluding carboxylic acids is 2. The lowest BCUT2D eigenvalue weighted by Crippen LogP contribution is -2.47. The molecule has 0 aromatic heterocycles. The average Bonchev–Trinajstić information content (AvgIpc) is 2.60. The Kier molecular flexibility index (Phi) is 6.72. The topological polar surface area (TPSA) is 58.2 Å². The second kappa shape index (κ2) is 8.65. The Balaban J connectivity index is 2.17. The van der Waals surface area contributed by atoms with Crippen LogP contribution in [0.5, 0.6) is 0 Å². The number of hydrogen-bond donors (Lipinski definition) is 2. The van der Waals surface area contributed by atoms with Gasteiger partial charge in [-0.25, -0.2) is 0 Å². The molecule has 2 rings (SSSR count). The molecule has 0 saturated carbocycles. The van der Waals surface area contributed by atoms with Gasteiger partial charge >= 0.3 is 6.18 Å². The largest absolute Gasteiger partial charge is 0.417 e. The third-order valence-electron chi connectivity index (χ3n) is 4.09. The van der Waals surface area contributed by atoms with Gasteiger partial charge in [-0.15, -0.1) is 0 Å². The van der Waals surface area contributed by atoms with Crippen LogP contribution < -0.4 is 10.6 Å². The van der Waals surface area contributed by atoms with E-state index >= 15 is 0 Å². The number of benzene rings is 2. The van der Waals surface area contributed by atoms with Crippen LogP contribution in [0.3, 0.4) is 0 Å². The molecule has 1 atom stereocenters. The van der Waals surface area contributed by atoms with Crippen LogP contribution in [0.25, 0.3) is 0 Å². The number of alkyl halides is 3. The van der Waals surface area contributed by atoms with Crippen molar-refractivity contribution in [3.05, 3.63) is 64.2 Å². The van der Waals surface area contributed by atoms with Crippen molar-refractivity contribution in [3.8, 4) is 0 Å². The summed E-state index contributed by atoms with van der Waals surface area (Å²) in [6.07, 6.45) is -4.64. The van der Waals surface area contributed by atoms with Crippen LogP contribution in [0.2, 0.25) is 5.02 Å². The van der Waals surface area contributed by atoms with Crippen molar-refractivity contribution >= 4 is 29.1 Å². The van der Waals surface area contributed by atoms with E-state index in [-0.39, 0.29) is 11.6 Å². The fourth-order valence-electron chi connectivity index (χ4n) is 2.50. The summed E-state index contributed by atoms with van der Waals surface area (Å²) in [5.74, 6) is -1.35. The Morgan fingerprint density at radius 1 is 1.04 bits per heavy atom. The van der Waals surface area contributed by atoms with Crippen molar-refractivity contribution in [3.63, 3.8) is 0 Å². The summed E-state index contributed by atoms with van der Waals surface area (Å²) in [5.41, 5.74) is 0.265. The Hall–Kier alpha value is -2.54. The summed E-state index contributed by atoms with van der Waals surface area (Å²) in [6.45, 7) is 5.33. The molecule has 0 heterocycles. The van der Waals surface area contributed by atoms with Crippen molar-refractivity contribution in [2.45, 2.75) is 33.0 Å². The molecule has 0 saturated heterocycles. The van der Waals surface area contributed by atoms with E-state index in [1.54, 1.807) is 38.1 Å². The van der Waals surface area contributed by atoms with Crippen molar-refractivity contribution in [2.24, 2.45) is 5.92 Å². The highest BCUT2D eigenvalue weighted by Crippen LogP contribution is 2.36. The van der Waals surface area contributed by atoms with E-state index in [1.165, 1.54) is 6.07 Å². The highest BCUT2D eigenvalue weighted by atomic mass is 35.5. The van der Waals surface area contributed by atoms with Crippen molar-refractivity contribution in [1.82, 2.24) is 5.32 Å². The molecule has 28 heavy (non-hydrogen) atoms. The molecule has 0 bridgehead atoms. The maximum atomic E-state index is 13.0. The SMILES string of the molecule is Cc1ccc(C(=O)N[C@H](C(=O)Nc2ccc(Cl)c(C(F)(F)F)c2)C(C)C)cc1. The summed E-state index contributed by atoms with van der Waals surface area (Å²) in [7, 11) is 0. The molecule has 150 valence electrons. The maximum absolute atomic E-state index is 13.0. The van der Waals surface area contributed by atoms with Gasteiger partial charge in [0, 0.05) is 11.3 Å². The van der Waals surface area contributed by atoms with Crippen molar-refractivity contribution in [1.29, 1.82) is 0 Å². The van der Waals surface area contributed by atoms with Gasteiger partial charge in [-0.05, 0) is 43.2 Å². The van der Waals surface area contributed by atoms with Gasteiger partial charge in [-0.3, -0.25) is 9.59 Å². The predicted octanol–water partition coefficient (Wildman–Crippen LogP) is 5.06. The predicted molar refractivity (Wildman–Crippen MR) is 102 cm³/mol. The van der Waals surface area contributed by atoms with Gasteiger partial charge in [0.2, 0.25) is 5.91 Å². The minimum atomic E-state index is -4.64. The maximum Gasteiger partial charge on any atom is 0.417 e. The lowest BCUT2D eigenvalue weighted by Gasteiger charge is -2.22. The Labute approximate surface area is 166 Å². The highest BCUT2D eigenvalue weighted by molar-refractivity contribution is 6.31. The van der Waals surface area contributed by atoms with Gasteiger partial charge in [0.1, 0.15) is 6.04 Å². The van der Waals surface area contributed by atoms with E-state index in [2.05, 4.69) is 10.6 Å². The Morgan fingerprint density at radius 3 is 2.18 bits per heavy atom. The molecule has 2 aromatic carbocycles. The number of halogens is 4. The van der Waals surface area contributed by atoms with E-state index in [9.17, 15) is 22.8 Å². The standard InChI is InChI=1S/C20H20ClF3N2O2/c1-11(2)17(26-18(27)13-6-4-12(3)5-7-13)19(28)25-14-8-9-16(21)15(10-14)20(22,23)24/h4-11,17H,1-3H3,(H,25,28)(H,26,27)/t17-/m0/s1. The van der Waals surface area contributed by atoms with Crippen LogP contribution in [-0.4, -0.2) is 17.9 Å². The lowest BCUT2D eigenvalue weighted by molar-refractivity contribution is -0.137. The second-order valence-electron chi connectivity index (χ2n) is 6.74. The first-order valence-electron chi connectivity index (χ1n) is 8.54. The van der Waals surface area contributed by atoms with Crippen LogP contribution in [0.4, 0.5) is 18.9 Å². The summed E-state index contributed by atoms with van der Waals surface area (Å²) < 4.78 is 39.0. The first-order valence-corrected chi connectivity index (χ1v) is 8.92. The molecule has 0 aliphatic heterocycles. The molecule has 2 aromatic rings. The number of aryl methyl sites for hydroxylation is 1. The number of carbonyl (C=O) groups is 2. The number of nitrogens with one attached hydrogen (secondary N) is 2. The molecule has 0 radical (unpaired) electrons. The van der Waals surface area contributed by atoms with Crippen LogP contribution in [-0.2, 0) is 11.0 Å². The molecule has 0 aliphatic carbocycles. The molecule has 4 nitrogen and oxygen atoms in total. The Bertz CT molecular complexity index is 865. The van der Waals surface area contributed by atoms with Gasteiger partial charge in [-0.1, -0.05) is 43.1 Å². The zero-order chi connectivity index (χ0) is 21.1. The van der Waals surface area contributed by atoms with E-state index in [0.717, 1.165) is 17.7 Å². The number of amides is 2. The first kappa shape index (κ1) is 21.8. The summed E-state index contributed by atoms with van der Waals surface area (Å²) in [5, 5.41) is 4.59. The minimum Gasteiger partial charge on any atom is -0.340 e. The number of hydrogen-bond acceptors (Lipinski definition) is 2. The first-order chi connectivity index (χ1) is 13.0. The van der Waals surface area contributed by atoms with E-state index < -0.39 is 34.6 Å². The molecule has 8 heteroatoms. The monoisotopic (exact) mass is 412 g/mol. The summed E-state index contributed by atoms with van der Waals surface area (Å²) in [4.78, 5) is 25.0. The van der Waals surface area contributed by atoms with Crippen LogP contribution in [0.1, 0.15) is 35.3 Å². The molecule has 2 amide bonds. The quantitative estimate of drug-likeness (QED) is 0.721. The van der Waals surface area contributed by atoms with Crippen LogP contribution in [0.15, 0.2) is 42.5 Å². The third kappa shape index (κ3) is 5.48. The zero-order valence-corrected chi connectivity index (χ0v) is 16.3. The normalized spacial score (nSPS) is 12.6. The molecule has 0 aliphatic rings. The zero-order valence-electron chi connectivity index (χ0n) is 15.5. The molecular formula is C20H20ClF3N2O2. The molecular weight excluding hydrogens is 393 g/mol. The molecule has 0 fully saturated rings. The van der Waals surface area contributed by atoms with Gasteiger partial charge in [0.05, 0.1) is 10.6 Å². The fourth-order valence-corrected chi connectivity index (χ4v) is 2.73. The molecule has 0 spiro atoms. The Morgan fingerprint density at radius 2 is 1.64 bits per heavy atom. The number of rotatable bonds is 5. The van der Waals surface area contributed by atoms with Gasteiger partial charge < -0.3 is 10.6 Å². The third-order valence-corrected chi connectivity index (χ3v) is 4.42. The van der Waals surface area contributed by atoms with Gasteiger partial charge in [0.25, 0.3) is 5.91 Å². The van der Waals surface area contributed by atoms with E-state index in [4.69, 9.17) is 11.6 Å². The molecule has 0 unspecified atom stereocenters. The van der Waals surface area contributed by atoms with Crippen molar-refractivity contribution in [2.75, 3.05) is 5.32 Å².